The molecule has 2 aromatic heterocycles. The lowest BCUT2D eigenvalue weighted by Gasteiger charge is -2.15. The molecule has 104 valence electrons. The lowest BCUT2D eigenvalue weighted by Crippen LogP contribution is -2.24. The second kappa shape index (κ2) is 5.09. The summed E-state index contributed by atoms with van der Waals surface area (Å²) in [5.74, 6) is 1.16. The molecule has 1 aromatic carbocycles. The van der Waals surface area contributed by atoms with Gasteiger partial charge in [0, 0.05) is 24.8 Å². The molecule has 3 aromatic rings. The van der Waals surface area contributed by atoms with E-state index in [9.17, 15) is 4.39 Å². The second-order valence-electron chi connectivity index (χ2n) is 4.69. The zero-order chi connectivity index (χ0) is 14.1. The van der Waals surface area contributed by atoms with Crippen molar-refractivity contribution in [2.75, 3.05) is 6.54 Å². The molecule has 0 saturated heterocycles. The predicted octanol–water partition coefficient (Wildman–Crippen LogP) is 3.00. The van der Waals surface area contributed by atoms with E-state index in [4.69, 9.17) is 4.42 Å². The fourth-order valence-electron chi connectivity index (χ4n) is 2.37. The minimum atomic E-state index is -0.344. The molecule has 2 heterocycles. The van der Waals surface area contributed by atoms with E-state index < -0.39 is 0 Å². The number of hydrogen-bond acceptors (Lipinski definition) is 3. The summed E-state index contributed by atoms with van der Waals surface area (Å²) in [6, 6.07) is 6.60. The van der Waals surface area contributed by atoms with Crippen molar-refractivity contribution in [3.05, 3.63) is 54.1 Å². The minimum Gasteiger partial charge on any atom is -0.456 e. The van der Waals surface area contributed by atoms with Crippen molar-refractivity contribution in [3.63, 3.8) is 0 Å². The summed E-state index contributed by atoms with van der Waals surface area (Å²) >= 11 is 0. The maximum absolute atomic E-state index is 13.7. The molecule has 1 N–H and O–H groups in total. The molecule has 0 bridgehead atoms. The van der Waals surface area contributed by atoms with Gasteiger partial charge in [-0.3, -0.25) is 0 Å². The second-order valence-corrected chi connectivity index (χ2v) is 4.69. The molecule has 0 aliphatic rings. The summed E-state index contributed by atoms with van der Waals surface area (Å²) in [6.07, 6.45) is 3.62. The highest BCUT2D eigenvalue weighted by atomic mass is 19.1. The molecule has 0 aliphatic carbocycles. The summed E-state index contributed by atoms with van der Waals surface area (Å²) in [5, 5.41) is 4.08. The van der Waals surface area contributed by atoms with Gasteiger partial charge in [0.05, 0.1) is 0 Å². The van der Waals surface area contributed by atoms with E-state index in [-0.39, 0.29) is 11.9 Å². The standard InChI is InChI=1S/C15H16FN3O/c1-3-17-13(15-18-7-8-19(15)2)12-9-10-5-4-6-11(16)14(10)20-12/h4-9,13,17H,3H2,1-2H3. The van der Waals surface area contributed by atoms with E-state index in [0.717, 1.165) is 17.8 Å². The van der Waals surface area contributed by atoms with E-state index in [1.54, 1.807) is 12.3 Å². The van der Waals surface area contributed by atoms with Gasteiger partial charge in [-0.2, -0.15) is 0 Å². The van der Waals surface area contributed by atoms with Crippen LogP contribution in [0.15, 0.2) is 41.1 Å². The van der Waals surface area contributed by atoms with Crippen LogP contribution >= 0.6 is 0 Å². The highest BCUT2D eigenvalue weighted by molar-refractivity contribution is 5.78. The van der Waals surface area contributed by atoms with Gasteiger partial charge in [0.1, 0.15) is 17.6 Å². The molecule has 4 nitrogen and oxygen atoms in total. The molecule has 0 saturated carbocycles. The van der Waals surface area contributed by atoms with Crippen LogP contribution in [0.25, 0.3) is 11.0 Å². The number of aromatic nitrogens is 2. The van der Waals surface area contributed by atoms with Gasteiger partial charge in [-0.1, -0.05) is 19.1 Å². The number of hydrogen-bond donors (Lipinski definition) is 1. The fourth-order valence-corrected chi connectivity index (χ4v) is 2.37. The number of furan rings is 1. The van der Waals surface area contributed by atoms with Gasteiger partial charge in [0.25, 0.3) is 0 Å². The molecule has 0 amide bonds. The van der Waals surface area contributed by atoms with Crippen molar-refractivity contribution in [1.82, 2.24) is 14.9 Å². The van der Waals surface area contributed by atoms with Crippen LogP contribution in [0.3, 0.4) is 0 Å². The molecule has 3 rings (SSSR count). The summed E-state index contributed by atoms with van der Waals surface area (Å²) in [5.41, 5.74) is 0.291. The van der Waals surface area contributed by atoms with Gasteiger partial charge in [0.15, 0.2) is 11.4 Å². The molecule has 20 heavy (non-hydrogen) atoms. The first kappa shape index (κ1) is 12.9. The molecule has 0 spiro atoms. The first-order valence-corrected chi connectivity index (χ1v) is 6.59. The Kier molecular flexibility index (Phi) is 3.28. The van der Waals surface area contributed by atoms with E-state index in [1.165, 1.54) is 6.07 Å². The molecular formula is C15H16FN3O. The van der Waals surface area contributed by atoms with E-state index in [0.29, 0.717) is 11.3 Å². The van der Waals surface area contributed by atoms with Crippen LogP contribution in [-0.4, -0.2) is 16.1 Å². The zero-order valence-electron chi connectivity index (χ0n) is 11.4. The molecule has 0 aliphatic heterocycles. The number of nitrogens with zero attached hydrogens (tertiary/aromatic N) is 2. The third-order valence-electron chi connectivity index (χ3n) is 3.32. The number of imidazole rings is 1. The van der Waals surface area contributed by atoms with Crippen molar-refractivity contribution in [2.24, 2.45) is 7.05 Å². The van der Waals surface area contributed by atoms with E-state index in [2.05, 4.69) is 10.3 Å². The summed E-state index contributed by atoms with van der Waals surface area (Å²) in [4.78, 5) is 4.35. The van der Waals surface area contributed by atoms with Crippen LogP contribution in [0.5, 0.6) is 0 Å². The number of benzene rings is 1. The molecular weight excluding hydrogens is 257 g/mol. The lowest BCUT2D eigenvalue weighted by atomic mass is 10.2. The summed E-state index contributed by atoms with van der Waals surface area (Å²) < 4.78 is 21.4. The Morgan fingerprint density at radius 2 is 2.30 bits per heavy atom. The molecule has 1 unspecified atom stereocenters. The number of rotatable bonds is 4. The van der Waals surface area contributed by atoms with Crippen molar-refractivity contribution in [1.29, 1.82) is 0 Å². The minimum absolute atomic E-state index is 0.188. The Balaban J connectivity index is 2.10. The van der Waals surface area contributed by atoms with Crippen molar-refractivity contribution < 1.29 is 8.81 Å². The summed E-state index contributed by atoms with van der Waals surface area (Å²) in [7, 11) is 1.93. The van der Waals surface area contributed by atoms with Gasteiger partial charge >= 0.3 is 0 Å². The Morgan fingerprint density at radius 3 is 2.95 bits per heavy atom. The van der Waals surface area contributed by atoms with Crippen LogP contribution in [0, 0.1) is 5.82 Å². The largest absolute Gasteiger partial charge is 0.456 e. The normalized spacial score (nSPS) is 12.9. The highest BCUT2D eigenvalue weighted by Gasteiger charge is 2.22. The van der Waals surface area contributed by atoms with Gasteiger partial charge < -0.3 is 14.3 Å². The molecule has 0 fully saturated rings. The smallest absolute Gasteiger partial charge is 0.169 e. The number of para-hydroxylation sites is 1. The molecule has 0 radical (unpaired) electrons. The first-order chi connectivity index (χ1) is 9.70. The SMILES string of the molecule is CCNC(c1cc2cccc(F)c2o1)c1nccn1C. The monoisotopic (exact) mass is 273 g/mol. The third-order valence-corrected chi connectivity index (χ3v) is 3.32. The Bertz CT molecular complexity index is 732. The number of halogens is 1. The van der Waals surface area contributed by atoms with Crippen LogP contribution < -0.4 is 5.32 Å². The maximum Gasteiger partial charge on any atom is 0.169 e. The third kappa shape index (κ3) is 2.10. The average Bonchev–Trinajstić information content (AvgIpc) is 3.03. The van der Waals surface area contributed by atoms with Crippen molar-refractivity contribution >= 4 is 11.0 Å². The average molecular weight is 273 g/mol. The van der Waals surface area contributed by atoms with Gasteiger partial charge in [-0.05, 0) is 18.7 Å². The van der Waals surface area contributed by atoms with Crippen LogP contribution in [-0.2, 0) is 7.05 Å². The van der Waals surface area contributed by atoms with E-state index >= 15 is 0 Å². The van der Waals surface area contributed by atoms with Gasteiger partial charge in [-0.15, -0.1) is 0 Å². The topological polar surface area (TPSA) is 43.0 Å². The van der Waals surface area contributed by atoms with Crippen molar-refractivity contribution in [3.8, 4) is 0 Å². The number of aryl methyl sites for hydroxylation is 1. The maximum atomic E-state index is 13.7. The fraction of sp³-hybridized carbons (Fsp3) is 0.267. The van der Waals surface area contributed by atoms with Crippen LogP contribution in [0.2, 0.25) is 0 Å². The van der Waals surface area contributed by atoms with Crippen LogP contribution in [0.1, 0.15) is 24.6 Å². The van der Waals surface area contributed by atoms with Crippen LogP contribution in [0.4, 0.5) is 4.39 Å². The Hall–Kier alpha value is -2.14. The Labute approximate surface area is 116 Å². The summed E-state index contributed by atoms with van der Waals surface area (Å²) in [6.45, 7) is 2.77. The predicted molar refractivity (Wildman–Crippen MR) is 74.9 cm³/mol. The first-order valence-electron chi connectivity index (χ1n) is 6.59. The quantitative estimate of drug-likeness (QED) is 0.794. The van der Waals surface area contributed by atoms with Gasteiger partial charge in [-0.25, -0.2) is 9.37 Å². The number of fused-ring (bicyclic) bond motifs is 1. The Morgan fingerprint density at radius 1 is 1.45 bits per heavy atom. The highest BCUT2D eigenvalue weighted by Crippen LogP contribution is 2.28. The van der Waals surface area contributed by atoms with E-state index in [1.807, 2.05) is 36.9 Å². The number of nitrogens with one attached hydrogen (secondary N) is 1. The van der Waals surface area contributed by atoms with Crippen molar-refractivity contribution in [2.45, 2.75) is 13.0 Å². The molecule has 5 heteroatoms. The molecule has 1 atom stereocenters. The lowest BCUT2D eigenvalue weighted by molar-refractivity contribution is 0.448. The zero-order valence-corrected chi connectivity index (χ0v) is 11.4. The van der Waals surface area contributed by atoms with Gasteiger partial charge in [0.2, 0.25) is 0 Å².